The summed E-state index contributed by atoms with van der Waals surface area (Å²) in [7, 11) is 0. The van der Waals surface area contributed by atoms with Gasteiger partial charge in [-0.1, -0.05) is 11.8 Å². The molecule has 2 aromatic rings. The number of nitrogens with two attached hydrogens (primary N) is 1. The maximum absolute atomic E-state index is 10.7. The molecular formula is C14H15N3O2S. The minimum atomic E-state index is -0.368. The molecule has 0 fully saturated rings. The van der Waals surface area contributed by atoms with E-state index in [0.29, 0.717) is 11.6 Å². The molecule has 2 N–H and O–H groups in total. The Kier molecular flexibility index (Phi) is 4.95. The molecular weight excluding hydrogens is 274 g/mol. The minimum absolute atomic E-state index is 0.205. The smallest absolute Gasteiger partial charge is 0.227 e. The molecule has 0 saturated carbocycles. The number of nitrogens with zero attached hydrogens (tertiary/aromatic N) is 2. The minimum Gasteiger partial charge on any atom is -0.494 e. The molecule has 1 amide bonds. The summed E-state index contributed by atoms with van der Waals surface area (Å²) in [6.45, 7) is 2.59. The van der Waals surface area contributed by atoms with E-state index in [2.05, 4.69) is 10.2 Å². The predicted octanol–water partition coefficient (Wildman–Crippen LogP) is 2.12. The van der Waals surface area contributed by atoms with Crippen LogP contribution in [0.25, 0.3) is 11.3 Å². The average Bonchev–Trinajstić information content (AvgIpc) is 2.47. The zero-order chi connectivity index (χ0) is 14.4. The van der Waals surface area contributed by atoms with E-state index in [-0.39, 0.29) is 11.7 Å². The summed E-state index contributed by atoms with van der Waals surface area (Å²) < 4.78 is 5.39. The number of thioether (sulfide) groups is 1. The monoisotopic (exact) mass is 289 g/mol. The standard InChI is InChI=1S/C14H15N3O2S/c1-2-19-11-5-3-10(4-6-11)12-7-8-14(17-16-12)20-9-13(15)18/h3-8H,2,9H2,1H3,(H2,15,18). The Morgan fingerprint density at radius 3 is 2.50 bits per heavy atom. The molecule has 2 rings (SSSR count). The third-order valence-corrected chi connectivity index (χ3v) is 3.41. The van der Waals surface area contributed by atoms with E-state index in [4.69, 9.17) is 10.5 Å². The Labute approximate surface area is 121 Å². The molecule has 1 heterocycles. The molecule has 0 unspecified atom stereocenters. The lowest BCUT2D eigenvalue weighted by Crippen LogP contribution is -2.13. The third kappa shape index (κ3) is 3.96. The van der Waals surface area contributed by atoms with Gasteiger partial charge in [-0.05, 0) is 43.3 Å². The first-order chi connectivity index (χ1) is 9.69. The summed E-state index contributed by atoms with van der Waals surface area (Å²) in [6.07, 6.45) is 0. The number of amides is 1. The first-order valence-corrected chi connectivity index (χ1v) is 7.15. The maximum atomic E-state index is 10.7. The van der Waals surface area contributed by atoms with Crippen LogP contribution in [0.2, 0.25) is 0 Å². The molecule has 0 spiro atoms. The number of benzene rings is 1. The highest BCUT2D eigenvalue weighted by molar-refractivity contribution is 7.99. The number of aromatic nitrogens is 2. The van der Waals surface area contributed by atoms with E-state index in [1.807, 2.05) is 43.3 Å². The van der Waals surface area contributed by atoms with Crippen LogP contribution < -0.4 is 10.5 Å². The van der Waals surface area contributed by atoms with Gasteiger partial charge in [-0.15, -0.1) is 10.2 Å². The van der Waals surface area contributed by atoms with E-state index >= 15 is 0 Å². The van der Waals surface area contributed by atoms with Gasteiger partial charge in [-0.25, -0.2) is 0 Å². The largest absolute Gasteiger partial charge is 0.494 e. The summed E-state index contributed by atoms with van der Waals surface area (Å²) >= 11 is 1.27. The lowest BCUT2D eigenvalue weighted by atomic mass is 10.1. The van der Waals surface area contributed by atoms with Crippen LogP contribution >= 0.6 is 11.8 Å². The maximum Gasteiger partial charge on any atom is 0.227 e. The van der Waals surface area contributed by atoms with Gasteiger partial charge in [0, 0.05) is 5.56 Å². The second-order valence-corrected chi connectivity index (χ2v) is 4.96. The van der Waals surface area contributed by atoms with Gasteiger partial charge in [-0.2, -0.15) is 0 Å². The van der Waals surface area contributed by atoms with Crippen molar-refractivity contribution in [3.63, 3.8) is 0 Å². The van der Waals surface area contributed by atoms with E-state index < -0.39 is 0 Å². The number of hydrogen-bond acceptors (Lipinski definition) is 5. The van der Waals surface area contributed by atoms with Crippen LogP contribution in [0.5, 0.6) is 5.75 Å². The van der Waals surface area contributed by atoms with E-state index in [0.717, 1.165) is 17.0 Å². The van der Waals surface area contributed by atoms with Crippen molar-refractivity contribution in [3.05, 3.63) is 36.4 Å². The van der Waals surface area contributed by atoms with E-state index in [1.54, 1.807) is 0 Å². The van der Waals surface area contributed by atoms with Gasteiger partial charge in [0.05, 0.1) is 18.1 Å². The zero-order valence-electron chi connectivity index (χ0n) is 11.1. The molecule has 0 bridgehead atoms. The van der Waals surface area contributed by atoms with Gasteiger partial charge in [0.2, 0.25) is 5.91 Å². The van der Waals surface area contributed by atoms with Crippen molar-refractivity contribution in [3.8, 4) is 17.0 Å². The molecule has 104 valence electrons. The molecule has 0 atom stereocenters. The number of hydrogen-bond donors (Lipinski definition) is 1. The zero-order valence-corrected chi connectivity index (χ0v) is 11.9. The number of carbonyl (C=O) groups excluding carboxylic acids is 1. The van der Waals surface area contributed by atoms with Crippen LogP contribution in [0.15, 0.2) is 41.4 Å². The summed E-state index contributed by atoms with van der Waals surface area (Å²) in [5.41, 5.74) is 6.82. The summed E-state index contributed by atoms with van der Waals surface area (Å²) in [6, 6.07) is 11.4. The highest BCUT2D eigenvalue weighted by Gasteiger charge is 2.03. The fourth-order valence-electron chi connectivity index (χ4n) is 1.58. The van der Waals surface area contributed by atoms with Crippen molar-refractivity contribution in [1.29, 1.82) is 0 Å². The highest BCUT2D eigenvalue weighted by Crippen LogP contribution is 2.22. The fraction of sp³-hybridized carbons (Fsp3) is 0.214. The number of rotatable bonds is 6. The van der Waals surface area contributed by atoms with Crippen molar-refractivity contribution in [1.82, 2.24) is 10.2 Å². The molecule has 6 heteroatoms. The van der Waals surface area contributed by atoms with Gasteiger partial charge in [0.15, 0.2) is 0 Å². The Bertz CT molecular complexity index is 570. The lowest BCUT2D eigenvalue weighted by molar-refractivity contribution is -0.115. The average molecular weight is 289 g/mol. The second kappa shape index (κ2) is 6.91. The van der Waals surface area contributed by atoms with Gasteiger partial charge in [0.1, 0.15) is 10.8 Å². The van der Waals surface area contributed by atoms with Crippen LogP contribution in [0.4, 0.5) is 0 Å². The molecule has 1 aromatic heterocycles. The van der Waals surface area contributed by atoms with Crippen LogP contribution in [-0.4, -0.2) is 28.5 Å². The van der Waals surface area contributed by atoms with Crippen molar-refractivity contribution in [2.45, 2.75) is 11.9 Å². The Hall–Kier alpha value is -2.08. The van der Waals surface area contributed by atoms with E-state index in [1.165, 1.54) is 11.8 Å². The lowest BCUT2D eigenvalue weighted by Gasteiger charge is -2.04. The molecule has 0 radical (unpaired) electrons. The van der Waals surface area contributed by atoms with Crippen LogP contribution in [0.1, 0.15) is 6.92 Å². The topological polar surface area (TPSA) is 78.1 Å². The number of carbonyl (C=O) groups is 1. The van der Waals surface area contributed by atoms with Gasteiger partial charge < -0.3 is 10.5 Å². The van der Waals surface area contributed by atoms with Crippen molar-refractivity contribution in [2.24, 2.45) is 5.73 Å². The van der Waals surface area contributed by atoms with Crippen LogP contribution in [0.3, 0.4) is 0 Å². The van der Waals surface area contributed by atoms with Gasteiger partial charge >= 0.3 is 0 Å². The third-order valence-electron chi connectivity index (χ3n) is 2.46. The molecule has 0 aliphatic heterocycles. The van der Waals surface area contributed by atoms with Crippen LogP contribution in [0, 0.1) is 0 Å². The molecule has 1 aromatic carbocycles. The first kappa shape index (κ1) is 14.3. The van der Waals surface area contributed by atoms with Crippen LogP contribution in [-0.2, 0) is 4.79 Å². The second-order valence-electron chi connectivity index (χ2n) is 3.97. The summed E-state index contributed by atoms with van der Waals surface area (Å²) in [4.78, 5) is 10.7. The summed E-state index contributed by atoms with van der Waals surface area (Å²) in [5.74, 6) is 0.669. The Morgan fingerprint density at radius 1 is 1.20 bits per heavy atom. The molecule has 5 nitrogen and oxygen atoms in total. The Balaban J connectivity index is 2.07. The molecule has 0 aliphatic carbocycles. The number of ether oxygens (including phenoxy) is 1. The van der Waals surface area contributed by atoms with Crippen molar-refractivity contribution >= 4 is 17.7 Å². The normalized spacial score (nSPS) is 10.2. The SMILES string of the molecule is CCOc1ccc(-c2ccc(SCC(N)=O)nn2)cc1. The van der Waals surface area contributed by atoms with E-state index in [9.17, 15) is 4.79 Å². The first-order valence-electron chi connectivity index (χ1n) is 6.17. The van der Waals surface area contributed by atoms with Crippen molar-refractivity contribution in [2.75, 3.05) is 12.4 Å². The number of primary amides is 1. The summed E-state index contributed by atoms with van der Waals surface area (Å²) in [5, 5.41) is 8.88. The highest BCUT2D eigenvalue weighted by atomic mass is 32.2. The molecule has 20 heavy (non-hydrogen) atoms. The van der Waals surface area contributed by atoms with Crippen molar-refractivity contribution < 1.29 is 9.53 Å². The fourth-order valence-corrected chi connectivity index (χ4v) is 2.14. The Morgan fingerprint density at radius 2 is 1.95 bits per heavy atom. The van der Waals surface area contributed by atoms with Gasteiger partial charge in [-0.3, -0.25) is 4.79 Å². The predicted molar refractivity (Wildman–Crippen MR) is 78.6 cm³/mol. The van der Waals surface area contributed by atoms with Gasteiger partial charge in [0.25, 0.3) is 0 Å². The molecule has 0 aliphatic rings. The molecule has 0 saturated heterocycles. The quantitative estimate of drug-likeness (QED) is 0.824.